The van der Waals surface area contributed by atoms with Gasteiger partial charge in [0, 0.05) is 5.41 Å². The Kier molecular flexibility index (Phi) is 6.52. The molecular weight excluding hydrogens is 236 g/mol. The summed E-state index contributed by atoms with van der Waals surface area (Å²) in [6.45, 7) is 8.99. The first-order valence-corrected chi connectivity index (χ1v) is 6.62. The highest BCUT2D eigenvalue weighted by Crippen LogP contribution is 2.24. The van der Waals surface area contributed by atoms with Gasteiger partial charge in [-0.25, -0.2) is 0 Å². The number of hydrogen-bond donors (Lipinski definition) is 2. The molecule has 0 radical (unpaired) electrons. The molecule has 0 aromatic carbocycles. The van der Waals surface area contributed by atoms with E-state index >= 15 is 0 Å². The third-order valence-corrected chi connectivity index (χ3v) is 3.01. The Bertz CT molecular complexity index is 209. The molecule has 0 bridgehead atoms. The molecule has 2 aliphatic heterocycles. The molecule has 0 aromatic heterocycles. The van der Waals surface area contributed by atoms with E-state index in [9.17, 15) is 0 Å². The summed E-state index contributed by atoms with van der Waals surface area (Å²) >= 11 is 0. The molecule has 2 aliphatic rings. The van der Waals surface area contributed by atoms with Gasteiger partial charge in [-0.05, 0) is 6.42 Å². The van der Waals surface area contributed by atoms with Crippen molar-refractivity contribution in [2.75, 3.05) is 26.4 Å². The third kappa shape index (κ3) is 7.28. The van der Waals surface area contributed by atoms with Gasteiger partial charge in [-0.3, -0.25) is 0 Å². The molecule has 0 amide bonds. The van der Waals surface area contributed by atoms with Crippen LogP contribution in [0.2, 0.25) is 0 Å². The van der Waals surface area contributed by atoms with Gasteiger partial charge in [-0.2, -0.15) is 0 Å². The smallest absolute Gasteiger partial charge is 0.156 e. The van der Waals surface area contributed by atoms with E-state index in [-0.39, 0.29) is 5.41 Å². The first-order chi connectivity index (χ1) is 8.45. The summed E-state index contributed by atoms with van der Waals surface area (Å²) in [7, 11) is 0. The molecular formula is C13H26O5. The van der Waals surface area contributed by atoms with Crippen LogP contribution in [0.4, 0.5) is 0 Å². The fraction of sp³-hybridized carbons (Fsp3) is 1.00. The minimum absolute atomic E-state index is 0.339. The molecule has 2 heterocycles. The number of ether oxygens (including phenoxy) is 3. The highest BCUT2D eigenvalue weighted by atomic mass is 16.6. The number of aliphatic hydroxyl groups excluding tert-OH is 1. The summed E-state index contributed by atoms with van der Waals surface area (Å²) in [5, 5.41) is 17.5. The SMILES string of the molecule is C(OCC1CO1)C1CO1.CCCC(C)(C)C(O)O. The Morgan fingerprint density at radius 3 is 1.83 bits per heavy atom. The monoisotopic (exact) mass is 262 g/mol. The van der Waals surface area contributed by atoms with Gasteiger partial charge in [-0.15, -0.1) is 0 Å². The van der Waals surface area contributed by atoms with Crippen LogP contribution in [0.25, 0.3) is 0 Å². The van der Waals surface area contributed by atoms with E-state index in [0.717, 1.165) is 39.3 Å². The molecule has 0 spiro atoms. The second kappa shape index (κ2) is 7.40. The first kappa shape index (κ1) is 15.9. The lowest BCUT2D eigenvalue weighted by molar-refractivity contribution is -0.124. The number of hydrogen-bond acceptors (Lipinski definition) is 5. The van der Waals surface area contributed by atoms with Crippen molar-refractivity contribution in [3.8, 4) is 0 Å². The molecule has 2 fully saturated rings. The zero-order valence-corrected chi connectivity index (χ0v) is 11.6. The Morgan fingerprint density at radius 1 is 1.17 bits per heavy atom. The zero-order valence-electron chi connectivity index (χ0n) is 11.6. The maximum Gasteiger partial charge on any atom is 0.156 e. The summed E-state index contributed by atoms with van der Waals surface area (Å²) < 4.78 is 15.1. The summed E-state index contributed by atoms with van der Waals surface area (Å²) in [6.07, 6.45) is 1.44. The Balaban J connectivity index is 0.000000180. The fourth-order valence-electron chi connectivity index (χ4n) is 1.43. The van der Waals surface area contributed by atoms with E-state index in [4.69, 9.17) is 24.4 Å². The summed E-state index contributed by atoms with van der Waals surface area (Å²) in [5.41, 5.74) is -0.339. The lowest BCUT2D eigenvalue weighted by Crippen LogP contribution is -2.28. The van der Waals surface area contributed by atoms with Gasteiger partial charge in [0.2, 0.25) is 0 Å². The van der Waals surface area contributed by atoms with E-state index < -0.39 is 6.29 Å². The second-order valence-corrected chi connectivity index (χ2v) is 5.56. The average Bonchev–Trinajstić information content (AvgIpc) is 3.13. The molecule has 0 aliphatic carbocycles. The molecule has 2 N–H and O–H groups in total. The fourth-order valence-corrected chi connectivity index (χ4v) is 1.43. The molecule has 5 nitrogen and oxygen atoms in total. The van der Waals surface area contributed by atoms with Gasteiger partial charge in [0.05, 0.1) is 26.4 Å². The van der Waals surface area contributed by atoms with Crippen molar-refractivity contribution < 1.29 is 24.4 Å². The predicted octanol–water partition coefficient (Wildman–Crippen LogP) is 0.924. The zero-order chi connectivity index (χ0) is 13.6. The number of rotatable bonds is 7. The Hall–Kier alpha value is -0.200. The quantitative estimate of drug-likeness (QED) is 0.527. The highest BCUT2D eigenvalue weighted by molar-refractivity contribution is 4.71. The number of epoxide rings is 2. The van der Waals surface area contributed by atoms with Gasteiger partial charge in [0.15, 0.2) is 6.29 Å². The van der Waals surface area contributed by atoms with Gasteiger partial charge >= 0.3 is 0 Å². The van der Waals surface area contributed by atoms with E-state index in [1.165, 1.54) is 0 Å². The molecule has 0 aromatic rings. The standard InChI is InChI=1S/C7H16O2.C6H10O3/c1-4-5-7(2,3)6(8)9;1(5-3-8-5)7-2-6-4-9-6/h6,8-9H,4-5H2,1-3H3;5-6H,1-4H2. The maximum absolute atomic E-state index is 8.77. The third-order valence-electron chi connectivity index (χ3n) is 3.01. The van der Waals surface area contributed by atoms with Crippen LogP contribution in [0.3, 0.4) is 0 Å². The van der Waals surface area contributed by atoms with E-state index in [1.807, 2.05) is 20.8 Å². The van der Waals surface area contributed by atoms with Crippen molar-refractivity contribution in [2.24, 2.45) is 5.41 Å². The van der Waals surface area contributed by atoms with Crippen molar-refractivity contribution in [3.63, 3.8) is 0 Å². The molecule has 5 heteroatoms. The molecule has 2 unspecified atom stereocenters. The van der Waals surface area contributed by atoms with Crippen molar-refractivity contribution in [2.45, 2.75) is 52.1 Å². The second-order valence-electron chi connectivity index (χ2n) is 5.56. The van der Waals surface area contributed by atoms with Gasteiger partial charge < -0.3 is 24.4 Å². The molecule has 108 valence electrons. The van der Waals surface area contributed by atoms with E-state index in [0.29, 0.717) is 12.2 Å². The first-order valence-electron chi connectivity index (χ1n) is 6.62. The summed E-state index contributed by atoms with van der Waals surface area (Å²) in [4.78, 5) is 0. The van der Waals surface area contributed by atoms with E-state index in [1.54, 1.807) is 0 Å². The van der Waals surface area contributed by atoms with Crippen LogP contribution >= 0.6 is 0 Å². The largest absolute Gasteiger partial charge is 0.376 e. The predicted molar refractivity (Wildman–Crippen MR) is 67.2 cm³/mol. The van der Waals surface area contributed by atoms with Gasteiger partial charge in [0.1, 0.15) is 12.2 Å². The number of aliphatic hydroxyl groups is 2. The van der Waals surface area contributed by atoms with Crippen LogP contribution in [-0.4, -0.2) is 55.1 Å². The summed E-state index contributed by atoms with van der Waals surface area (Å²) in [6, 6.07) is 0. The minimum Gasteiger partial charge on any atom is -0.376 e. The Morgan fingerprint density at radius 2 is 1.61 bits per heavy atom. The van der Waals surface area contributed by atoms with Gasteiger partial charge in [0.25, 0.3) is 0 Å². The van der Waals surface area contributed by atoms with Crippen molar-refractivity contribution >= 4 is 0 Å². The molecule has 2 rings (SSSR count). The van der Waals surface area contributed by atoms with Crippen LogP contribution < -0.4 is 0 Å². The van der Waals surface area contributed by atoms with Crippen molar-refractivity contribution in [1.29, 1.82) is 0 Å². The summed E-state index contributed by atoms with van der Waals surface area (Å²) in [5.74, 6) is 0. The van der Waals surface area contributed by atoms with Crippen molar-refractivity contribution in [3.05, 3.63) is 0 Å². The van der Waals surface area contributed by atoms with Crippen LogP contribution in [0, 0.1) is 5.41 Å². The average molecular weight is 262 g/mol. The normalized spacial score (nSPS) is 25.7. The lowest BCUT2D eigenvalue weighted by Gasteiger charge is -2.25. The van der Waals surface area contributed by atoms with Gasteiger partial charge in [-0.1, -0.05) is 27.2 Å². The minimum atomic E-state index is -1.18. The molecule has 18 heavy (non-hydrogen) atoms. The molecule has 0 saturated carbocycles. The van der Waals surface area contributed by atoms with E-state index in [2.05, 4.69) is 0 Å². The molecule has 2 saturated heterocycles. The topological polar surface area (TPSA) is 74.8 Å². The Labute approximate surface area is 109 Å². The van der Waals surface area contributed by atoms with Crippen LogP contribution in [0.1, 0.15) is 33.6 Å². The highest BCUT2D eigenvalue weighted by Gasteiger charge is 2.26. The van der Waals surface area contributed by atoms with Crippen molar-refractivity contribution in [1.82, 2.24) is 0 Å². The van der Waals surface area contributed by atoms with Crippen LogP contribution in [0.5, 0.6) is 0 Å². The van der Waals surface area contributed by atoms with Crippen LogP contribution in [0.15, 0.2) is 0 Å². The lowest BCUT2D eigenvalue weighted by atomic mass is 9.87. The maximum atomic E-state index is 8.77. The van der Waals surface area contributed by atoms with Crippen LogP contribution in [-0.2, 0) is 14.2 Å². The molecule has 2 atom stereocenters.